The maximum absolute atomic E-state index is 9.15. The van der Waals surface area contributed by atoms with Crippen molar-refractivity contribution >= 4 is 0 Å². The SMILES string of the molecule is CCNC(C)(C#N)CCCN(C)C(C)C(C)C. The normalized spacial score (nSPS) is 16.9. The summed E-state index contributed by atoms with van der Waals surface area (Å²) in [5.74, 6) is 0.677. The first-order valence-corrected chi connectivity index (χ1v) is 6.72. The summed E-state index contributed by atoms with van der Waals surface area (Å²) in [6.45, 7) is 12.7. The average molecular weight is 239 g/mol. The van der Waals surface area contributed by atoms with E-state index < -0.39 is 0 Å². The van der Waals surface area contributed by atoms with Gasteiger partial charge in [-0.05, 0) is 52.7 Å². The molecule has 0 fully saturated rings. The summed E-state index contributed by atoms with van der Waals surface area (Å²) < 4.78 is 0. The van der Waals surface area contributed by atoms with Gasteiger partial charge < -0.3 is 4.90 Å². The standard InChI is InChI=1S/C14H29N3/c1-7-16-14(5,11-15)9-8-10-17(6)13(4)12(2)3/h12-13,16H,7-10H2,1-6H3. The molecule has 1 N–H and O–H groups in total. The van der Waals surface area contributed by atoms with Crippen LogP contribution in [0.2, 0.25) is 0 Å². The van der Waals surface area contributed by atoms with Gasteiger partial charge in [0.2, 0.25) is 0 Å². The van der Waals surface area contributed by atoms with E-state index in [0.717, 1.165) is 25.9 Å². The van der Waals surface area contributed by atoms with Gasteiger partial charge in [-0.2, -0.15) is 5.26 Å². The van der Waals surface area contributed by atoms with Gasteiger partial charge in [0.05, 0.1) is 6.07 Å². The van der Waals surface area contributed by atoms with Crippen molar-refractivity contribution in [3.05, 3.63) is 0 Å². The van der Waals surface area contributed by atoms with Crippen LogP contribution < -0.4 is 5.32 Å². The Morgan fingerprint density at radius 1 is 1.35 bits per heavy atom. The summed E-state index contributed by atoms with van der Waals surface area (Å²) >= 11 is 0. The van der Waals surface area contributed by atoms with Gasteiger partial charge in [-0.25, -0.2) is 0 Å². The third-order valence-corrected chi connectivity index (χ3v) is 3.66. The molecule has 2 unspecified atom stereocenters. The van der Waals surface area contributed by atoms with Crippen molar-refractivity contribution < 1.29 is 0 Å². The first kappa shape index (κ1) is 16.4. The van der Waals surface area contributed by atoms with Crippen molar-refractivity contribution in [2.75, 3.05) is 20.1 Å². The molecule has 0 aliphatic rings. The van der Waals surface area contributed by atoms with Crippen LogP contribution in [0.3, 0.4) is 0 Å². The smallest absolute Gasteiger partial charge is 0.103 e. The van der Waals surface area contributed by atoms with Crippen molar-refractivity contribution in [3.63, 3.8) is 0 Å². The summed E-state index contributed by atoms with van der Waals surface area (Å²) in [5, 5.41) is 12.4. The molecular formula is C14H29N3. The van der Waals surface area contributed by atoms with Crippen molar-refractivity contribution in [2.45, 2.75) is 59.0 Å². The van der Waals surface area contributed by atoms with Crippen molar-refractivity contribution in [2.24, 2.45) is 5.92 Å². The predicted octanol–water partition coefficient (Wildman–Crippen LogP) is 2.63. The fraction of sp³-hybridized carbons (Fsp3) is 0.929. The Morgan fingerprint density at radius 2 is 1.94 bits per heavy atom. The topological polar surface area (TPSA) is 39.1 Å². The van der Waals surface area contributed by atoms with Crippen LogP contribution in [0.15, 0.2) is 0 Å². The molecule has 0 radical (unpaired) electrons. The van der Waals surface area contributed by atoms with E-state index in [2.05, 4.69) is 44.1 Å². The maximum Gasteiger partial charge on any atom is 0.103 e. The second kappa shape index (κ2) is 7.68. The summed E-state index contributed by atoms with van der Waals surface area (Å²) in [6.07, 6.45) is 1.97. The minimum Gasteiger partial charge on any atom is -0.303 e. The van der Waals surface area contributed by atoms with E-state index in [0.29, 0.717) is 12.0 Å². The fourth-order valence-electron chi connectivity index (χ4n) is 1.97. The lowest BCUT2D eigenvalue weighted by Crippen LogP contribution is -2.42. The van der Waals surface area contributed by atoms with Gasteiger partial charge in [-0.3, -0.25) is 5.32 Å². The average Bonchev–Trinajstić information content (AvgIpc) is 2.28. The molecule has 0 amide bonds. The molecule has 0 saturated carbocycles. The van der Waals surface area contributed by atoms with Crippen LogP contribution in [0.4, 0.5) is 0 Å². The van der Waals surface area contributed by atoms with E-state index in [-0.39, 0.29) is 5.54 Å². The highest BCUT2D eigenvalue weighted by molar-refractivity contribution is 5.03. The minimum atomic E-state index is -0.364. The minimum absolute atomic E-state index is 0.364. The van der Waals surface area contributed by atoms with Crippen LogP contribution in [-0.4, -0.2) is 36.6 Å². The molecule has 3 nitrogen and oxygen atoms in total. The van der Waals surface area contributed by atoms with E-state index in [4.69, 9.17) is 5.26 Å². The third kappa shape index (κ3) is 6.05. The first-order chi connectivity index (χ1) is 7.86. The van der Waals surface area contributed by atoms with Gasteiger partial charge in [0.15, 0.2) is 0 Å². The molecule has 0 saturated heterocycles. The van der Waals surface area contributed by atoms with Crippen LogP contribution in [0, 0.1) is 17.2 Å². The van der Waals surface area contributed by atoms with E-state index in [9.17, 15) is 0 Å². The number of nitrogens with one attached hydrogen (secondary N) is 1. The second-order valence-corrected chi connectivity index (χ2v) is 5.54. The Balaban J connectivity index is 4.02. The lowest BCUT2D eigenvalue weighted by molar-refractivity contribution is 0.200. The monoisotopic (exact) mass is 239 g/mol. The number of hydrogen-bond donors (Lipinski definition) is 1. The van der Waals surface area contributed by atoms with Gasteiger partial charge in [0.25, 0.3) is 0 Å². The predicted molar refractivity (Wildman–Crippen MR) is 73.9 cm³/mol. The quantitative estimate of drug-likeness (QED) is 0.708. The van der Waals surface area contributed by atoms with Gasteiger partial charge in [0, 0.05) is 6.04 Å². The first-order valence-electron chi connectivity index (χ1n) is 6.72. The highest BCUT2D eigenvalue weighted by Crippen LogP contribution is 2.14. The zero-order valence-corrected chi connectivity index (χ0v) is 12.4. The summed E-state index contributed by atoms with van der Waals surface area (Å²) in [5.41, 5.74) is -0.364. The molecule has 0 aliphatic heterocycles. The van der Waals surface area contributed by atoms with Crippen LogP contribution in [0.25, 0.3) is 0 Å². The molecule has 0 spiro atoms. The molecule has 17 heavy (non-hydrogen) atoms. The molecular weight excluding hydrogens is 210 g/mol. The Kier molecular flexibility index (Phi) is 7.41. The highest BCUT2D eigenvalue weighted by Gasteiger charge is 2.22. The largest absolute Gasteiger partial charge is 0.303 e. The van der Waals surface area contributed by atoms with Crippen molar-refractivity contribution in [3.8, 4) is 6.07 Å². The fourth-order valence-corrected chi connectivity index (χ4v) is 1.97. The molecule has 2 atom stereocenters. The molecule has 0 aliphatic carbocycles. The zero-order valence-electron chi connectivity index (χ0n) is 12.4. The summed E-state index contributed by atoms with van der Waals surface area (Å²) in [7, 11) is 2.17. The molecule has 0 heterocycles. The van der Waals surface area contributed by atoms with Crippen LogP contribution in [-0.2, 0) is 0 Å². The molecule has 0 aromatic rings. The Morgan fingerprint density at radius 3 is 2.35 bits per heavy atom. The number of nitriles is 1. The number of hydrogen-bond acceptors (Lipinski definition) is 3. The molecule has 3 heteroatoms. The van der Waals surface area contributed by atoms with Gasteiger partial charge in [0.1, 0.15) is 5.54 Å². The van der Waals surface area contributed by atoms with Crippen LogP contribution in [0.1, 0.15) is 47.5 Å². The molecule has 0 aromatic heterocycles. The van der Waals surface area contributed by atoms with E-state index in [1.54, 1.807) is 0 Å². The summed E-state index contributed by atoms with van der Waals surface area (Å²) in [4.78, 5) is 2.38. The molecule has 100 valence electrons. The number of rotatable bonds is 8. The Labute approximate surface area is 107 Å². The second-order valence-electron chi connectivity index (χ2n) is 5.54. The number of nitrogens with zero attached hydrogens (tertiary/aromatic N) is 2. The van der Waals surface area contributed by atoms with Crippen LogP contribution >= 0.6 is 0 Å². The van der Waals surface area contributed by atoms with Gasteiger partial charge in [-0.1, -0.05) is 20.8 Å². The van der Waals surface area contributed by atoms with E-state index >= 15 is 0 Å². The van der Waals surface area contributed by atoms with Crippen LogP contribution in [0.5, 0.6) is 0 Å². The maximum atomic E-state index is 9.15. The third-order valence-electron chi connectivity index (χ3n) is 3.66. The molecule has 0 aromatic carbocycles. The molecule has 0 bridgehead atoms. The summed E-state index contributed by atoms with van der Waals surface area (Å²) in [6, 6.07) is 2.97. The zero-order chi connectivity index (χ0) is 13.5. The lowest BCUT2D eigenvalue weighted by Gasteiger charge is -2.29. The Bertz CT molecular complexity index is 244. The highest BCUT2D eigenvalue weighted by atomic mass is 15.1. The van der Waals surface area contributed by atoms with Gasteiger partial charge >= 0.3 is 0 Å². The lowest BCUT2D eigenvalue weighted by atomic mass is 9.97. The van der Waals surface area contributed by atoms with Crippen molar-refractivity contribution in [1.82, 2.24) is 10.2 Å². The Hall–Kier alpha value is -0.590. The van der Waals surface area contributed by atoms with E-state index in [1.807, 2.05) is 13.8 Å². The van der Waals surface area contributed by atoms with Gasteiger partial charge in [-0.15, -0.1) is 0 Å². The molecule has 0 rings (SSSR count). The van der Waals surface area contributed by atoms with Crippen molar-refractivity contribution in [1.29, 1.82) is 5.26 Å². The van der Waals surface area contributed by atoms with E-state index in [1.165, 1.54) is 0 Å².